The first-order valence-electron chi connectivity index (χ1n) is 3.67. The number of hydrogen-bond donors (Lipinski definition) is 0. The standard InChI is InChI=1S/C8H9N3/c1-2-7-11(6-1)8-9-4-3-5-10-8/h1,3-6H,2,7H2. The maximum atomic E-state index is 4.12. The minimum Gasteiger partial charge on any atom is -0.317 e. The summed E-state index contributed by atoms with van der Waals surface area (Å²) in [5, 5.41) is 0. The summed E-state index contributed by atoms with van der Waals surface area (Å²) in [5.41, 5.74) is 0. The van der Waals surface area contributed by atoms with Crippen molar-refractivity contribution in [2.24, 2.45) is 0 Å². The fourth-order valence-electron chi connectivity index (χ4n) is 1.10. The van der Waals surface area contributed by atoms with Crippen LogP contribution in [0.3, 0.4) is 0 Å². The second kappa shape index (κ2) is 2.70. The fourth-order valence-corrected chi connectivity index (χ4v) is 1.10. The lowest BCUT2D eigenvalue weighted by atomic mass is 10.5. The third-order valence-electron chi connectivity index (χ3n) is 1.63. The van der Waals surface area contributed by atoms with Crippen LogP contribution in [-0.4, -0.2) is 16.5 Å². The zero-order valence-electron chi connectivity index (χ0n) is 6.14. The molecule has 0 amide bonds. The lowest BCUT2D eigenvalue weighted by molar-refractivity contribution is 0.935. The van der Waals surface area contributed by atoms with Gasteiger partial charge in [-0.25, -0.2) is 9.97 Å². The highest BCUT2D eigenvalue weighted by molar-refractivity contribution is 5.35. The molecule has 56 valence electrons. The molecule has 0 bridgehead atoms. The Balaban J connectivity index is 2.23. The van der Waals surface area contributed by atoms with Gasteiger partial charge >= 0.3 is 0 Å². The van der Waals surface area contributed by atoms with E-state index in [4.69, 9.17) is 0 Å². The van der Waals surface area contributed by atoms with Gasteiger partial charge in [-0.05, 0) is 12.5 Å². The molecule has 1 aromatic rings. The van der Waals surface area contributed by atoms with Crippen molar-refractivity contribution >= 4 is 5.95 Å². The summed E-state index contributed by atoms with van der Waals surface area (Å²) >= 11 is 0. The van der Waals surface area contributed by atoms with Crippen molar-refractivity contribution in [1.82, 2.24) is 9.97 Å². The molecule has 11 heavy (non-hydrogen) atoms. The van der Waals surface area contributed by atoms with E-state index < -0.39 is 0 Å². The van der Waals surface area contributed by atoms with Crippen LogP contribution in [0.1, 0.15) is 6.42 Å². The number of anilines is 1. The second-order valence-electron chi connectivity index (χ2n) is 2.42. The van der Waals surface area contributed by atoms with Crippen LogP contribution in [0.2, 0.25) is 0 Å². The van der Waals surface area contributed by atoms with Crippen LogP contribution in [0.4, 0.5) is 5.95 Å². The van der Waals surface area contributed by atoms with Crippen molar-refractivity contribution in [3.63, 3.8) is 0 Å². The highest BCUT2D eigenvalue weighted by Crippen LogP contribution is 2.11. The molecule has 0 aromatic carbocycles. The van der Waals surface area contributed by atoms with Crippen molar-refractivity contribution in [2.75, 3.05) is 11.4 Å². The van der Waals surface area contributed by atoms with Crippen LogP contribution in [0.5, 0.6) is 0 Å². The highest BCUT2D eigenvalue weighted by atomic mass is 15.2. The number of rotatable bonds is 1. The van der Waals surface area contributed by atoms with Crippen LogP contribution in [0, 0.1) is 0 Å². The summed E-state index contributed by atoms with van der Waals surface area (Å²) in [6.07, 6.45) is 8.76. The smallest absolute Gasteiger partial charge is 0.229 e. The first kappa shape index (κ1) is 6.34. The van der Waals surface area contributed by atoms with E-state index in [-0.39, 0.29) is 0 Å². The van der Waals surface area contributed by atoms with Crippen molar-refractivity contribution in [2.45, 2.75) is 6.42 Å². The van der Waals surface area contributed by atoms with Gasteiger partial charge in [-0.2, -0.15) is 0 Å². The van der Waals surface area contributed by atoms with Gasteiger partial charge in [0.15, 0.2) is 0 Å². The van der Waals surface area contributed by atoms with Gasteiger partial charge in [0, 0.05) is 25.1 Å². The molecule has 0 spiro atoms. The Hall–Kier alpha value is -1.38. The summed E-state index contributed by atoms with van der Waals surface area (Å²) in [4.78, 5) is 10.3. The molecule has 0 N–H and O–H groups in total. The van der Waals surface area contributed by atoms with Crippen molar-refractivity contribution in [3.8, 4) is 0 Å². The van der Waals surface area contributed by atoms with E-state index in [0.717, 1.165) is 18.9 Å². The molecule has 3 nitrogen and oxygen atoms in total. The SMILES string of the molecule is C1=CN(c2ncccn2)CC1. The Morgan fingerprint density at radius 1 is 1.27 bits per heavy atom. The molecule has 3 heteroatoms. The van der Waals surface area contributed by atoms with Crippen LogP contribution in [0.25, 0.3) is 0 Å². The Kier molecular flexibility index (Phi) is 1.55. The lowest BCUT2D eigenvalue weighted by Crippen LogP contribution is -2.14. The molecular weight excluding hydrogens is 138 g/mol. The molecule has 2 rings (SSSR count). The molecule has 2 heterocycles. The summed E-state index contributed by atoms with van der Waals surface area (Å²) in [7, 11) is 0. The monoisotopic (exact) mass is 147 g/mol. The second-order valence-corrected chi connectivity index (χ2v) is 2.42. The normalized spacial score (nSPS) is 15.8. The molecule has 0 radical (unpaired) electrons. The topological polar surface area (TPSA) is 29.0 Å². The third-order valence-corrected chi connectivity index (χ3v) is 1.63. The molecular formula is C8H9N3. The quantitative estimate of drug-likeness (QED) is 0.597. The van der Waals surface area contributed by atoms with E-state index in [2.05, 4.69) is 16.0 Å². The van der Waals surface area contributed by atoms with E-state index >= 15 is 0 Å². The van der Waals surface area contributed by atoms with Crippen LogP contribution >= 0.6 is 0 Å². The molecule has 0 unspecified atom stereocenters. The number of nitrogens with zero attached hydrogens (tertiary/aromatic N) is 3. The predicted octanol–water partition coefficient (Wildman–Crippen LogP) is 1.20. The first-order valence-corrected chi connectivity index (χ1v) is 3.67. The van der Waals surface area contributed by atoms with Crippen LogP contribution in [-0.2, 0) is 0 Å². The summed E-state index contributed by atoms with van der Waals surface area (Å²) in [5.74, 6) is 0.793. The molecule has 0 saturated carbocycles. The molecule has 0 aliphatic carbocycles. The Bertz CT molecular complexity index is 255. The fraction of sp³-hybridized carbons (Fsp3) is 0.250. The minimum atomic E-state index is 0.793. The maximum Gasteiger partial charge on any atom is 0.229 e. The minimum absolute atomic E-state index is 0.793. The Morgan fingerprint density at radius 3 is 2.73 bits per heavy atom. The first-order chi connectivity index (χ1) is 5.47. The largest absolute Gasteiger partial charge is 0.317 e. The van der Waals surface area contributed by atoms with E-state index in [1.165, 1.54) is 0 Å². The van der Waals surface area contributed by atoms with E-state index in [9.17, 15) is 0 Å². The zero-order chi connectivity index (χ0) is 7.52. The van der Waals surface area contributed by atoms with E-state index in [0.29, 0.717) is 0 Å². The summed E-state index contributed by atoms with van der Waals surface area (Å²) < 4.78 is 0. The summed E-state index contributed by atoms with van der Waals surface area (Å²) in [6.45, 7) is 1.00. The van der Waals surface area contributed by atoms with Gasteiger partial charge in [0.25, 0.3) is 0 Å². The van der Waals surface area contributed by atoms with Gasteiger partial charge in [-0.1, -0.05) is 6.08 Å². The highest BCUT2D eigenvalue weighted by Gasteiger charge is 2.07. The van der Waals surface area contributed by atoms with E-state index in [1.807, 2.05) is 17.2 Å². The van der Waals surface area contributed by atoms with Gasteiger partial charge in [0.05, 0.1) is 0 Å². The summed E-state index contributed by atoms with van der Waals surface area (Å²) in [6, 6.07) is 1.82. The molecule has 1 aliphatic heterocycles. The average molecular weight is 147 g/mol. The Labute approximate surface area is 65.4 Å². The van der Waals surface area contributed by atoms with Crippen molar-refractivity contribution in [1.29, 1.82) is 0 Å². The van der Waals surface area contributed by atoms with Crippen LogP contribution < -0.4 is 4.90 Å². The van der Waals surface area contributed by atoms with E-state index in [1.54, 1.807) is 12.4 Å². The zero-order valence-corrected chi connectivity index (χ0v) is 6.14. The molecule has 0 atom stereocenters. The van der Waals surface area contributed by atoms with Crippen molar-refractivity contribution in [3.05, 3.63) is 30.7 Å². The maximum absolute atomic E-state index is 4.12. The van der Waals surface area contributed by atoms with Gasteiger partial charge in [0.2, 0.25) is 5.95 Å². The molecule has 1 aliphatic rings. The van der Waals surface area contributed by atoms with Crippen molar-refractivity contribution < 1.29 is 0 Å². The molecule has 0 saturated heterocycles. The van der Waals surface area contributed by atoms with Crippen LogP contribution in [0.15, 0.2) is 30.7 Å². The molecule has 1 aromatic heterocycles. The third kappa shape index (κ3) is 1.22. The van der Waals surface area contributed by atoms with Gasteiger partial charge in [0.1, 0.15) is 0 Å². The van der Waals surface area contributed by atoms with Gasteiger partial charge < -0.3 is 4.90 Å². The van der Waals surface area contributed by atoms with Gasteiger partial charge in [-0.15, -0.1) is 0 Å². The Morgan fingerprint density at radius 2 is 2.09 bits per heavy atom. The molecule has 0 fully saturated rings. The lowest BCUT2D eigenvalue weighted by Gasteiger charge is -2.11. The average Bonchev–Trinajstić information content (AvgIpc) is 2.58. The van der Waals surface area contributed by atoms with Gasteiger partial charge in [-0.3, -0.25) is 0 Å². The number of hydrogen-bond acceptors (Lipinski definition) is 3. The number of aromatic nitrogens is 2. The predicted molar refractivity (Wildman–Crippen MR) is 43.1 cm³/mol.